The van der Waals surface area contributed by atoms with Crippen molar-refractivity contribution >= 4 is 39.0 Å². The molecule has 0 spiro atoms. The van der Waals surface area contributed by atoms with Crippen molar-refractivity contribution in [2.75, 3.05) is 23.0 Å². The van der Waals surface area contributed by atoms with Crippen molar-refractivity contribution in [2.45, 2.75) is 26.3 Å². The molecular weight excluding hydrogens is 426 g/mol. The van der Waals surface area contributed by atoms with Crippen LogP contribution < -0.4 is 9.62 Å². The highest BCUT2D eigenvalue weighted by Gasteiger charge is 2.33. The Morgan fingerprint density at radius 3 is 2.29 bits per heavy atom. The maximum Gasteiger partial charge on any atom is 0.337 e. The molecule has 1 N–H and O–H groups in total. The van der Waals surface area contributed by atoms with Gasteiger partial charge in [0.05, 0.1) is 29.5 Å². The molecule has 0 fully saturated rings. The number of nitro groups is 1. The van der Waals surface area contributed by atoms with Gasteiger partial charge in [-0.3, -0.25) is 19.2 Å². The number of nitro benzene ring substituents is 1. The Balaban J connectivity index is 2.42. The third-order valence-corrected chi connectivity index (χ3v) is 5.71. The van der Waals surface area contributed by atoms with Crippen LogP contribution in [-0.2, 0) is 19.6 Å². The molecule has 0 aliphatic rings. The molecule has 2 aromatic carbocycles. The number of non-ortho nitro benzene ring substituents is 1. The molecule has 0 heterocycles. The van der Waals surface area contributed by atoms with Gasteiger partial charge in [-0.15, -0.1) is 0 Å². The van der Waals surface area contributed by atoms with Crippen molar-refractivity contribution in [2.24, 2.45) is 0 Å². The summed E-state index contributed by atoms with van der Waals surface area (Å²) in [5, 5.41) is 13.8. The van der Waals surface area contributed by atoms with Crippen LogP contribution in [0.2, 0.25) is 0 Å². The van der Waals surface area contributed by atoms with Gasteiger partial charge in [0, 0.05) is 17.8 Å². The summed E-state index contributed by atoms with van der Waals surface area (Å²) in [6.07, 6.45) is 1.05. The minimum Gasteiger partial charge on any atom is -0.465 e. The largest absolute Gasteiger partial charge is 0.465 e. The van der Waals surface area contributed by atoms with E-state index in [0.717, 1.165) is 16.6 Å². The van der Waals surface area contributed by atoms with E-state index in [2.05, 4.69) is 10.1 Å². The van der Waals surface area contributed by atoms with Gasteiger partial charge in [0.2, 0.25) is 15.9 Å². The normalized spacial score (nSPS) is 12.0. The number of sulfonamides is 1. The van der Waals surface area contributed by atoms with Crippen LogP contribution in [0.3, 0.4) is 0 Å². The number of hydrogen-bond acceptors (Lipinski definition) is 7. The van der Waals surface area contributed by atoms with E-state index in [0.29, 0.717) is 11.3 Å². The first-order valence-corrected chi connectivity index (χ1v) is 11.1. The molecule has 0 saturated carbocycles. The van der Waals surface area contributed by atoms with E-state index in [1.807, 2.05) is 0 Å². The molecule has 0 aromatic heterocycles. The molecule has 0 saturated heterocycles. The number of hydrogen-bond donors (Lipinski definition) is 1. The number of amides is 1. The van der Waals surface area contributed by atoms with Crippen molar-refractivity contribution in [1.29, 1.82) is 0 Å². The summed E-state index contributed by atoms with van der Waals surface area (Å²) in [6, 6.07) is 8.57. The molecular formula is C20H23N3O7S. The predicted molar refractivity (Wildman–Crippen MR) is 116 cm³/mol. The average molecular weight is 449 g/mol. The summed E-state index contributed by atoms with van der Waals surface area (Å²) in [6.45, 7) is 3.24. The first-order valence-electron chi connectivity index (χ1n) is 9.23. The average Bonchev–Trinajstić information content (AvgIpc) is 2.71. The third kappa shape index (κ3) is 5.57. The van der Waals surface area contributed by atoms with Gasteiger partial charge in [-0.1, -0.05) is 13.0 Å². The fourth-order valence-electron chi connectivity index (χ4n) is 3.02. The van der Waals surface area contributed by atoms with Crippen molar-refractivity contribution in [1.82, 2.24) is 0 Å². The smallest absolute Gasteiger partial charge is 0.337 e. The number of ether oxygens (including phenoxy) is 1. The van der Waals surface area contributed by atoms with Crippen LogP contribution in [-0.4, -0.2) is 44.6 Å². The molecule has 1 atom stereocenters. The van der Waals surface area contributed by atoms with Crippen LogP contribution in [0.25, 0.3) is 0 Å². The number of aryl methyl sites for hydroxylation is 1. The summed E-state index contributed by atoms with van der Waals surface area (Å²) in [5.74, 6) is -1.15. The highest BCUT2D eigenvalue weighted by atomic mass is 32.2. The van der Waals surface area contributed by atoms with Crippen LogP contribution in [0, 0.1) is 17.0 Å². The maximum atomic E-state index is 13.0. The highest BCUT2D eigenvalue weighted by Crippen LogP contribution is 2.30. The number of carbonyl (C=O) groups is 2. The quantitative estimate of drug-likeness (QED) is 0.372. The second kappa shape index (κ2) is 9.56. The summed E-state index contributed by atoms with van der Waals surface area (Å²) < 4.78 is 30.7. The molecule has 166 valence electrons. The van der Waals surface area contributed by atoms with Crippen LogP contribution >= 0.6 is 0 Å². The maximum absolute atomic E-state index is 13.0. The van der Waals surface area contributed by atoms with Crippen molar-refractivity contribution < 1.29 is 27.7 Å². The SMILES string of the molecule is CC[C@H](C(=O)Nc1ccc(C(=O)OC)cc1)N(c1cc([N+](=O)[O-])ccc1C)S(C)(=O)=O. The second-order valence-electron chi connectivity index (χ2n) is 6.77. The Morgan fingerprint density at radius 2 is 1.81 bits per heavy atom. The zero-order valence-corrected chi connectivity index (χ0v) is 18.3. The molecule has 0 radical (unpaired) electrons. The lowest BCUT2D eigenvalue weighted by molar-refractivity contribution is -0.384. The number of esters is 1. The predicted octanol–water partition coefficient (Wildman–Crippen LogP) is 2.87. The fraction of sp³-hybridized carbons (Fsp3) is 0.300. The Kier molecular flexibility index (Phi) is 7.34. The van der Waals surface area contributed by atoms with Gasteiger partial charge >= 0.3 is 5.97 Å². The number of carbonyl (C=O) groups excluding carboxylic acids is 2. The molecule has 10 nitrogen and oxygen atoms in total. The van der Waals surface area contributed by atoms with Gasteiger partial charge in [0.1, 0.15) is 6.04 Å². The molecule has 31 heavy (non-hydrogen) atoms. The fourth-order valence-corrected chi connectivity index (χ4v) is 4.28. The van der Waals surface area contributed by atoms with Gasteiger partial charge in [0.15, 0.2) is 0 Å². The number of rotatable bonds is 8. The monoisotopic (exact) mass is 449 g/mol. The number of methoxy groups -OCH3 is 1. The van der Waals surface area contributed by atoms with Crippen molar-refractivity contribution in [3.8, 4) is 0 Å². The number of anilines is 2. The van der Waals surface area contributed by atoms with E-state index in [1.54, 1.807) is 13.8 Å². The zero-order chi connectivity index (χ0) is 23.3. The summed E-state index contributed by atoms with van der Waals surface area (Å²) in [4.78, 5) is 35.0. The first kappa shape index (κ1) is 23.8. The lowest BCUT2D eigenvalue weighted by atomic mass is 10.1. The Morgan fingerprint density at radius 1 is 1.19 bits per heavy atom. The first-order chi connectivity index (χ1) is 14.5. The topological polar surface area (TPSA) is 136 Å². The lowest BCUT2D eigenvalue weighted by Crippen LogP contribution is -2.47. The van der Waals surface area contributed by atoms with E-state index in [4.69, 9.17) is 0 Å². The second-order valence-corrected chi connectivity index (χ2v) is 8.63. The molecule has 11 heteroatoms. The molecule has 0 aliphatic heterocycles. The molecule has 0 aliphatic carbocycles. The van der Waals surface area contributed by atoms with Gasteiger partial charge in [0.25, 0.3) is 5.69 Å². The van der Waals surface area contributed by atoms with Gasteiger partial charge in [-0.25, -0.2) is 13.2 Å². The van der Waals surface area contributed by atoms with Gasteiger partial charge in [-0.05, 0) is 43.2 Å². The minimum atomic E-state index is -3.96. The highest BCUT2D eigenvalue weighted by molar-refractivity contribution is 7.92. The van der Waals surface area contributed by atoms with Crippen molar-refractivity contribution in [3.05, 3.63) is 63.7 Å². The van der Waals surface area contributed by atoms with E-state index in [-0.39, 0.29) is 23.4 Å². The summed E-state index contributed by atoms with van der Waals surface area (Å²) in [7, 11) is -2.71. The van der Waals surface area contributed by atoms with Crippen LogP contribution in [0.5, 0.6) is 0 Å². The van der Waals surface area contributed by atoms with Crippen molar-refractivity contribution in [3.63, 3.8) is 0 Å². The van der Waals surface area contributed by atoms with Crippen LogP contribution in [0.15, 0.2) is 42.5 Å². The Hall–Kier alpha value is -3.47. The van der Waals surface area contributed by atoms with Crippen LogP contribution in [0.4, 0.5) is 17.1 Å². The number of nitrogens with zero attached hydrogens (tertiary/aromatic N) is 2. The Bertz CT molecular complexity index is 1100. The van der Waals surface area contributed by atoms with E-state index in [1.165, 1.54) is 43.5 Å². The molecule has 1 amide bonds. The van der Waals surface area contributed by atoms with E-state index < -0.39 is 32.9 Å². The van der Waals surface area contributed by atoms with Crippen LogP contribution in [0.1, 0.15) is 29.3 Å². The number of benzene rings is 2. The Labute approximate surface area is 180 Å². The minimum absolute atomic E-state index is 0.0553. The lowest BCUT2D eigenvalue weighted by Gasteiger charge is -2.31. The molecule has 0 bridgehead atoms. The number of nitrogens with one attached hydrogen (secondary N) is 1. The standard InChI is InChI=1S/C20H23N3O7S/c1-5-17(19(24)21-15-9-7-14(8-10-15)20(25)30-3)22(31(4,28)29)18-12-16(23(26)27)11-6-13(18)2/h6-12,17H,5H2,1-4H3,(H,21,24)/t17-/m1/s1. The van der Waals surface area contributed by atoms with Gasteiger partial charge in [-0.2, -0.15) is 0 Å². The van der Waals surface area contributed by atoms with E-state index in [9.17, 15) is 28.1 Å². The van der Waals surface area contributed by atoms with E-state index >= 15 is 0 Å². The molecule has 2 rings (SSSR count). The molecule has 2 aromatic rings. The van der Waals surface area contributed by atoms with Gasteiger partial charge < -0.3 is 10.1 Å². The third-order valence-electron chi connectivity index (χ3n) is 4.54. The zero-order valence-electron chi connectivity index (χ0n) is 17.5. The molecule has 0 unspecified atom stereocenters. The summed E-state index contributed by atoms with van der Waals surface area (Å²) in [5.41, 5.74) is 0.866. The summed E-state index contributed by atoms with van der Waals surface area (Å²) >= 11 is 0.